The van der Waals surface area contributed by atoms with Gasteiger partial charge < -0.3 is 18.2 Å². The molecule has 0 amide bonds. The molecule has 182 valence electrons. The summed E-state index contributed by atoms with van der Waals surface area (Å²) in [5.41, 5.74) is 3.93. The van der Waals surface area contributed by atoms with E-state index in [9.17, 15) is 14.2 Å². The Bertz CT molecular complexity index is 1200. The molecule has 2 heterocycles. The molecule has 0 aliphatic heterocycles. The predicted molar refractivity (Wildman–Crippen MR) is 132 cm³/mol. The molecule has 0 spiro atoms. The molecular weight excluding hydrogens is 453 g/mol. The quantitative estimate of drug-likeness (QED) is 0.186. The number of aromatic nitrogens is 1. The average molecular weight is 486 g/mol. The highest BCUT2D eigenvalue weighted by molar-refractivity contribution is 7.53. The van der Waals surface area contributed by atoms with Crippen molar-refractivity contribution in [3.63, 3.8) is 0 Å². The fraction of sp³-hybridized carbons (Fsp3) is 0.385. The Morgan fingerprint density at radius 1 is 0.941 bits per heavy atom. The zero-order valence-corrected chi connectivity index (χ0v) is 21.3. The number of ether oxygens (including phenoxy) is 1. The number of carbonyl (C=O) groups is 2. The number of aryl methyl sites for hydroxylation is 1. The molecule has 8 heteroatoms. The lowest BCUT2D eigenvalue weighted by molar-refractivity contribution is 0.0377. The Morgan fingerprint density at radius 3 is 2.15 bits per heavy atom. The number of hydrogen-bond acceptors (Lipinski definition) is 6. The summed E-state index contributed by atoms with van der Waals surface area (Å²) in [7, 11) is -3.22. The predicted octanol–water partition coefficient (Wildman–Crippen LogP) is 6.06. The van der Waals surface area contributed by atoms with E-state index in [1.54, 1.807) is 74.7 Å². The Morgan fingerprint density at radius 2 is 1.59 bits per heavy atom. The van der Waals surface area contributed by atoms with Crippen LogP contribution in [-0.4, -0.2) is 35.5 Å². The third kappa shape index (κ3) is 5.84. The molecule has 7 nitrogen and oxygen atoms in total. The van der Waals surface area contributed by atoms with Crippen LogP contribution in [0.2, 0.25) is 0 Å². The number of hydrogen-bond donors (Lipinski definition) is 0. The molecule has 0 saturated carbocycles. The summed E-state index contributed by atoms with van der Waals surface area (Å²) in [6.45, 7) is 9.74. The van der Waals surface area contributed by atoms with E-state index in [4.69, 9.17) is 13.8 Å². The molecule has 2 aromatic heterocycles. The minimum atomic E-state index is -3.22. The second-order valence-corrected chi connectivity index (χ2v) is 10.2. The van der Waals surface area contributed by atoms with Gasteiger partial charge in [-0.25, -0.2) is 4.79 Å². The van der Waals surface area contributed by atoms with Crippen LogP contribution in [0.5, 0.6) is 0 Å². The topological polar surface area (TPSA) is 83.3 Å². The molecule has 34 heavy (non-hydrogen) atoms. The van der Waals surface area contributed by atoms with Crippen molar-refractivity contribution in [2.24, 2.45) is 0 Å². The normalized spacial score (nSPS) is 11.8. The third-order valence-corrected chi connectivity index (χ3v) is 7.33. The minimum Gasteiger partial charge on any atom is -0.459 e. The molecule has 0 aliphatic rings. The lowest BCUT2D eigenvalue weighted by atomic mass is 10.0. The van der Waals surface area contributed by atoms with E-state index >= 15 is 0 Å². The summed E-state index contributed by atoms with van der Waals surface area (Å²) >= 11 is 0. The van der Waals surface area contributed by atoms with Gasteiger partial charge in [-0.2, -0.15) is 0 Å². The smallest absolute Gasteiger partial charge is 0.338 e. The van der Waals surface area contributed by atoms with Gasteiger partial charge in [-0.05, 0) is 63.4 Å². The molecule has 0 radical (unpaired) electrons. The Labute approximate surface area is 200 Å². The highest BCUT2D eigenvalue weighted by Gasteiger charge is 2.25. The molecule has 0 bridgehead atoms. The van der Waals surface area contributed by atoms with Gasteiger partial charge in [0, 0.05) is 17.3 Å². The summed E-state index contributed by atoms with van der Waals surface area (Å²) in [5.74, 6) is -0.518. The number of carbonyl (C=O) groups excluding carboxylic acids is 2. The van der Waals surface area contributed by atoms with E-state index in [0.717, 1.165) is 16.6 Å². The lowest BCUT2D eigenvalue weighted by Gasteiger charge is -2.17. The highest BCUT2D eigenvalue weighted by Crippen LogP contribution is 2.51. The zero-order chi connectivity index (χ0) is 24.9. The first-order valence-electron chi connectivity index (χ1n) is 11.6. The fourth-order valence-corrected chi connectivity index (χ4v) is 5.51. The van der Waals surface area contributed by atoms with Gasteiger partial charge in [0.15, 0.2) is 0 Å². The monoisotopic (exact) mass is 485 g/mol. The summed E-state index contributed by atoms with van der Waals surface area (Å²) in [5, 5.41) is 0. The molecule has 3 rings (SSSR count). The van der Waals surface area contributed by atoms with Gasteiger partial charge in [-0.1, -0.05) is 31.2 Å². The maximum atomic E-state index is 13.5. The molecule has 3 aromatic rings. The van der Waals surface area contributed by atoms with E-state index in [1.165, 1.54) is 0 Å². The standard InChI is InChI=1S/C26H32NO6P/c1-6-20-15-23-16-22(26(29)33-18(4)5)13-14-27(23)24(20)25(28)21-11-9-19(10-12-21)17-34(30,31-7-2)32-8-3/h9-16,18H,6-8,17H2,1-5H3. The summed E-state index contributed by atoms with van der Waals surface area (Å²) in [4.78, 5) is 25.7. The minimum absolute atomic E-state index is 0.126. The van der Waals surface area contributed by atoms with Crippen molar-refractivity contribution in [1.29, 1.82) is 0 Å². The lowest BCUT2D eigenvalue weighted by Crippen LogP contribution is -2.12. The number of nitrogens with zero attached hydrogens (tertiary/aromatic N) is 1. The molecule has 0 N–H and O–H groups in total. The van der Waals surface area contributed by atoms with Gasteiger partial charge in [0.05, 0.1) is 36.7 Å². The second-order valence-electron chi connectivity index (χ2n) is 8.17. The summed E-state index contributed by atoms with van der Waals surface area (Å²) in [6.07, 6.45) is 2.33. The molecule has 0 atom stereocenters. The van der Waals surface area contributed by atoms with E-state index in [0.29, 0.717) is 36.5 Å². The van der Waals surface area contributed by atoms with E-state index in [1.807, 2.05) is 13.0 Å². The SMILES string of the molecule is CCOP(=O)(Cc1ccc(C(=O)c2c(CC)cc3cc(C(=O)OC(C)C)ccn23)cc1)OCC. The number of rotatable bonds is 11. The van der Waals surface area contributed by atoms with Crippen LogP contribution >= 0.6 is 7.60 Å². The molecule has 0 fully saturated rings. The van der Waals surface area contributed by atoms with Gasteiger partial charge in [-0.3, -0.25) is 9.36 Å². The first-order chi connectivity index (χ1) is 16.2. The maximum Gasteiger partial charge on any atom is 0.338 e. The van der Waals surface area contributed by atoms with E-state index in [2.05, 4.69) is 0 Å². The van der Waals surface area contributed by atoms with Gasteiger partial charge in [-0.15, -0.1) is 0 Å². The molecule has 0 aliphatic carbocycles. The van der Waals surface area contributed by atoms with Gasteiger partial charge in [0.25, 0.3) is 0 Å². The van der Waals surface area contributed by atoms with Gasteiger partial charge in [0.1, 0.15) is 0 Å². The number of esters is 1. The Hall–Kier alpha value is -2.73. The molecule has 0 unspecified atom stereocenters. The Balaban J connectivity index is 1.90. The number of ketones is 1. The molecule has 1 aromatic carbocycles. The van der Waals surface area contributed by atoms with Crippen molar-refractivity contribution in [1.82, 2.24) is 4.40 Å². The largest absolute Gasteiger partial charge is 0.459 e. The summed E-state index contributed by atoms with van der Waals surface area (Å²) < 4.78 is 30.6. The number of fused-ring (bicyclic) bond motifs is 1. The van der Waals surface area contributed by atoms with E-state index in [-0.39, 0.29) is 18.0 Å². The molecule has 0 saturated heterocycles. The number of benzene rings is 1. The van der Waals surface area contributed by atoms with Crippen LogP contribution in [0.15, 0.2) is 48.7 Å². The second kappa shape index (κ2) is 11.1. The average Bonchev–Trinajstić information content (AvgIpc) is 3.16. The maximum absolute atomic E-state index is 13.5. The zero-order valence-electron chi connectivity index (χ0n) is 20.4. The van der Waals surface area contributed by atoms with Crippen molar-refractivity contribution >= 4 is 24.9 Å². The highest BCUT2D eigenvalue weighted by atomic mass is 31.2. The van der Waals surface area contributed by atoms with Crippen molar-refractivity contribution in [2.75, 3.05) is 13.2 Å². The third-order valence-electron chi connectivity index (χ3n) is 5.27. The fourth-order valence-electron chi connectivity index (χ4n) is 3.81. The van der Waals surface area contributed by atoms with Crippen LogP contribution < -0.4 is 0 Å². The van der Waals surface area contributed by atoms with E-state index < -0.39 is 13.6 Å². The first kappa shape index (κ1) is 25.9. The van der Waals surface area contributed by atoms with Gasteiger partial charge >= 0.3 is 13.6 Å². The van der Waals surface area contributed by atoms with Crippen LogP contribution in [0.3, 0.4) is 0 Å². The first-order valence-corrected chi connectivity index (χ1v) is 13.3. The van der Waals surface area contributed by atoms with Crippen molar-refractivity contribution < 1.29 is 27.9 Å². The number of pyridine rings is 1. The van der Waals surface area contributed by atoms with Crippen molar-refractivity contribution in [3.8, 4) is 0 Å². The van der Waals surface area contributed by atoms with Crippen LogP contribution in [-0.2, 0) is 30.9 Å². The Kier molecular flexibility index (Phi) is 8.47. The van der Waals surface area contributed by atoms with Crippen LogP contribution in [0.1, 0.15) is 72.2 Å². The molecular formula is C26H32NO6P. The van der Waals surface area contributed by atoms with Crippen molar-refractivity contribution in [2.45, 2.75) is 53.3 Å². The van der Waals surface area contributed by atoms with Crippen LogP contribution in [0.25, 0.3) is 5.52 Å². The van der Waals surface area contributed by atoms with Crippen LogP contribution in [0.4, 0.5) is 0 Å². The summed E-state index contributed by atoms with van der Waals surface area (Å²) in [6, 6.07) is 12.3. The van der Waals surface area contributed by atoms with Gasteiger partial charge in [0.2, 0.25) is 5.78 Å². The van der Waals surface area contributed by atoms with Crippen LogP contribution in [0, 0.1) is 0 Å². The van der Waals surface area contributed by atoms with Crippen molar-refractivity contribution in [3.05, 3.63) is 76.6 Å².